The van der Waals surface area contributed by atoms with E-state index in [1.54, 1.807) is 4.90 Å². The van der Waals surface area contributed by atoms with Crippen LogP contribution < -0.4 is 10.5 Å². The molecule has 2 N–H and O–H groups in total. The summed E-state index contributed by atoms with van der Waals surface area (Å²) in [4.78, 5) is 14.6. The second-order valence-electron chi connectivity index (χ2n) is 5.84. The summed E-state index contributed by atoms with van der Waals surface area (Å²) >= 11 is 4.89. The van der Waals surface area contributed by atoms with E-state index in [2.05, 4.69) is 0 Å². The lowest BCUT2D eigenvalue weighted by atomic mass is 10.0. The molecule has 0 heterocycles. The summed E-state index contributed by atoms with van der Waals surface area (Å²) in [7, 11) is 0. The summed E-state index contributed by atoms with van der Waals surface area (Å²) in [6.45, 7) is 6.92. The minimum Gasteiger partial charge on any atom is -0.493 e. The first kappa shape index (κ1) is 17.4. The van der Waals surface area contributed by atoms with E-state index < -0.39 is 0 Å². The average Bonchev–Trinajstić information content (AvgIpc) is 2.38. The molecule has 1 aromatic rings. The highest BCUT2D eigenvalue weighted by Gasteiger charge is 2.25. The molecule has 1 aromatic carbocycles. The quantitative estimate of drug-likeness (QED) is 0.787. The summed E-state index contributed by atoms with van der Waals surface area (Å²) in [5.74, 6) is 0.824. The molecule has 0 aliphatic carbocycles. The minimum atomic E-state index is -0.255. The van der Waals surface area contributed by atoms with Crippen LogP contribution in [0.5, 0.6) is 5.75 Å². The molecule has 5 heteroatoms. The van der Waals surface area contributed by atoms with E-state index in [1.807, 2.05) is 51.1 Å². The molecule has 0 unspecified atom stereocenters. The zero-order chi connectivity index (χ0) is 15.9. The number of hydrogen-bond donors (Lipinski definition) is 1. The van der Waals surface area contributed by atoms with Gasteiger partial charge >= 0.3 is 0 Å². The summed E-state index contributed by atoms with van der Waals surface area (Å²) in [6, 6.07) is 9.48. The van der Waals surface area contributed by atoms with Crippen molar-refractivity contribution in [2.45, 2.75) is 39.2 Å². The topological polar surface area (TPSA) is 55.6 Å². The number of nitrogens with zero attached hydrogens (tertiary/aromatic N) is 1. The highest BCUT2D eigenvalue weighted by atomic mass is 32.1. The summed E-state index contributed by atoms with van der Waals surface area (Å²) in [5.41, 5.74) is 5.27. The Morgan fingerprint density at radius 1 is 1.24 bits per heavy atom. The lowest BCUT2D eigenvalue weighted by Gasteiger charge is -2.36. The Labute approximate surface area is 132 Å². The van der Waals surface area contributed by atoms with Crippen LogP contribution in [0, 0.1) is 0 Å². The van der Waals surface area contributed by atoms with E-state index in [9.17, 15) is 4.79 Å². The number of nitrogens with two attached hydrogens (primary N) is 1. The van der Waals surface area contributed by atoms with Gasteiger partial charge in [0.15, 0.2) is 0 Å². The number of thiocarbonyl (C=S) groups is 1. The van der Waals surface area contributed by atoms with Crippen LogP contribution in [-0.4, -0.2) is 34.5 Å². The predicted molar refractivity (Wildman–Crippen MR) is 89.4 cm³/mol. The molecule has 0 atom stereocenters. The Balaban J connectivity index is 2.50. The fourth-order valence-electron chi connectivity index (χ4n) is 1.96. The van der Waals surface area contributed by atoms with E-state index in [1.165, 1.54) is 0 Å². The second kappa shape index (κ2) is 7.98. The molecule has 0 radical (unpaired) electrons. The summed E-state index contributed by atoms with van der Waals surface area (Å²) in [6.07, 6.45) is 0.876. The van der Waals surface area contributed by atoms with Crippen molar-refractivity contribution in [2.24, 2.45) is 5.73 Å². The van der Waals surface area contributed by atoms with Crippen LogP contribution in [0.15, 0.2) is 30.3 Å². The predicted octanol–water partition coefficient (Wildman–Crippen LogP) is 2.76. The minimum absolute atomic E-state index is 0.0506. The number of rotatable bonds is 7. The highest BCUT2D eigenvalue weighted by molar-refractivity contribution is 7.80. The number of ether oxygens (including phenoxy) is 1. The van der Waals surface area contributed by atoms with Crippen LogP contribution in [-0.2, 0) is 4.79 Å². The van der Waals surface area contributed by atoms with Gasteiger partial charge in [0.2, 0.25) is 5.91 Å². The molecule has 0 aliphatic heterocycles. The Kier molecular flexibility index (Phi) is 6.62. The van der Waals surface area contributed by atoms with Crippen molar-refractivity contribution in [3.8, 4) is 5.75 Å². The lowest BCUT2D eigenvalue weighted by molar-refractivity contribution is -0.136. The first-order valence-corrected chi connectivity index (χ1v) is 7.48. The number of amides is 1. The van der Waals surface area contributed by atoms with Crippen LogP contribution in [0.25, 0.3) is 0 Å². The van der Waals surface area contributed by atoms with Gasteiger partial charge in [-0.05, 0) is 32.9 Å². The largest absolute Gasteiger partial charge is 0.493 e. The molecule has 0 bridgehead atoms. The summed E-state index contributed by atoms with van der Waals surface area (Å²) in [5, 5.41) is 0. The zero-order valence-corrected chi connectivity index (χ0v) is 13.8. The van der Waals surface area contributed by atoms with E-state index in [0.29, 0.717) is 31.0 Å². The van der Waals surface area contributed by atoms with Gasteiger partial charge in [-0.3, -0.25) is 4.79 Å². The van der Waals surface area contributed by atoms with Crippen molar-refractivity contribution in [1.82, 2.24) is 4.90 Å². The van der Waals surface area contributed by atoms with Gasteiger partial charge in [0, 0.05) is 18.5 Å². The van der Waals surface area contributed by atoms with Gasteiger partial charge in [-0.25, -0.2) is 0 Å². The molecule has 1 amide bonds. The smallest absolute Gasteiger partial charge is 0.226 e. The van der Waals surface area contributed by atoms with Crippen molar-refractivity contribution >= 4 is 23.1 Å². The third-order valence-corrected chi connectivity index (χ3v) is 3.22. The van der Waals surface area contributed by atoms with Crippen LogP contribution in [0.3, 0.4) is 0 Å². The first-order valence-electron chi connectivity index (χ1n) is 7.07. The van der Waals surface area contributed by atoms with Gasteiger partial charge < -0.3 is 15.4 Å². The molecular weight excluding hydrogens is 284 g/mol. The van der Waals surface area contributed by atoms with Crippen LogP contribution in [0.1, 0.15) is 33.6 Å². The molecule has 0 aliphatic rings. The molecule has 4 nitrogen and oxygen atoms in total. The van der Waals surface area contributed by atoms with E-state index in [0.717, 1.165) is 5.75 Å². The molecule has 0 fully saturated rings. The van der Waals surface area contributed by atoms with Crippen molar-refractivity contribution in [3.05, 3.63) is 30.3 Å². The normalized spacial score (nSPS) is 11.0. The zero-order valence-electron chi connectivity index (χ0n) is 13.0. The molecule has 1 rings (SSSR count). The fraction of sp³-hybridized carbons (Fsp3) is 0.500. The fourth-order valence-corrected chi connectivity index (χ4v) is 2.06. The maximum atomic E-state index is 12.4. The Morgan fingerprint density at radius 2 is 1.86 bits per heavy atom. The Hall–Kier alpha value is -1.62. The Bertz CT molecular complexity index is 469. The molecular formula is C16H24N2O2S. The van der Waals surface area contributed by atoms with Gasteiger partial charge in [-0.2, -0.15) is 0 Å². The number of carbonyl (C=O) groups is 1. The second-order valence-corrected chi connectivity index (χ2v) is 6.37. The lowest BCUT2D eigenvalue weighted by Crippen LogP contribution is -2.47. The van der Waals surface area contributed by atoms with Gasteiger partial charge in [0.25, 0.3) is 0 Å². The van der Waals surface area contributed by atoms with E-state index >= 15 is 0 Å². The maximum absolute atomic E-state index is 12.4. The number of benzene rings is 1. The number of para-hydroxylation sites is 1. The van der Waals surface area contributed by atoms with Gasteiger partial charge in [-0.1, -0.05) is 30.4 Å². The number of hydrogen-bond acceptors (Lipinski definition) is 3. The third kappa shape index (κ3) is 6.58. The summed E-state index contributed by atoms with van der Waals surface area (Å²) < 4.78 is 5.57. The first-order chi connectivity index (χ1) is 9.80. The van der Waals surface area contributed by atoms with E-state index in [-0.39, 0.29) is 11.4 Å². The monoisotopic (exact) mass is 308 g/mol. The molecule has 116 valence electrons. The molecule has 0 saturated heterocycles. The average molecular weight is 308 g/mol. The van der Waals surface area contributed by atoms with Gasteiger partial charge in [0.1, 0.15) is 5.75 Å². The van der Waals surface area contributed by atoms with Crippen LogP contribution >= 0.6 is 12.2 Å². The van der Waals surface area contributed by atoms with E-state index in [4.69, 9.17) is 22.7 Å². The standard InChI is InChI=1S/C16H24N2O2S/c1-16(2,3)18(11-9-14(17)21)15(19)10-12-20-13-7-5-4-6-8-13/h4-8H,9-12H2,1-3H3,(H2,17,21). The van der Waals surface area contributed by atoms with Crippen molar-refractivity contribution in [2.75, 3.05) is 13.2 Å². The highest BCUT2D eigenvalue weighted by Crippen LogP contribution is 2.16. The Morgan fingerprint density at radius 3 is 2.38 bits per heavy atom. The van der Waals surface area contributed by atoms with Gasteiger partial charge in [-0.15, -0.1) is 0 Å². The van der Waals surface area contributed by atoms with Crippen molar-refractivity contribution in [3.63, 3.8) is 0 Å². The molecule has 0 aromatic heterocycles. The molecule has 0 spiro atoms. The maximum Gasteiger partial charge on any atom is 0.226 e. The third-order valence-electron chi connectivity index (χ3n) is 3.02. The number of carbonyl (C=O) groups excluding carboxylic acids is 1. The SMILES string of the molecule is CC(C)(C)N(CCC(N)=S)C(=O)CCOc1ccccc1. The molecule has 0 saturated carbocycles. The van der Waals surface area contributed by atoms with Crippen LogP contribution in [0.4, 0.5) is 0 Å². The van der Waals surface area contributed by atoms with Crippen molar-refractivity contribution in [1.29, 1.82) is 0 Å². The molecule has 21 heavy (non-hydrogen) atoms. The van der Waals surface area contributed by atoms with Gasteiger partial charge in [0.05, 0.1) is 18.0 Å². The van der Waals surface area contributed by atoms with Crippen molar-refractivity contribution < 1.29 is 9.53 Å². The van der Waals surface area contributed by atoms with Crippen LogP contribution in [0.2, 0.25) is 0 Å².